The largest absolute Gasteiger partial charge is 0.457 e. The minimum atomic E-state index is 0.0270. The number of nitrogens with zero attached hydrogens (tertiary/aromatic N) is 1. The number of ether oxygens (including phenoxy) is 1. The molecule has 0 saturated carbocycles. The summed E-state index contributed by atoms with van der Waals surface area (Å²) in [6.07, 6.45) is 10.9. The molecular formula is C26H29NO. The molecule has 0 radical (unpaired) electrons. The molecule has 0 unspecified atom stereocenters. The Morgan fingerprint density at radius 2 is 1.43 bits per heavy atom. The van der Waals surface area contributed by atoms with Crippen LogP contribution in [0.4, 0.5) is 0 Å². The van der Waals surface area contributed by atoms with Crippen molar-refractivity contribution in [1.82, 2.24) is 4.98 Å². The third-order valence-electron chi connectivity index (χ3n) is 6.05. The molecule has 0 fully saturated rings. The van der Waals surface area contributed by atoms with Crippen molar-refractivity contribution in [3.8, 4) is 22.6 Å². The number of pyridine rings is 1. The Balaban J connectivity index is 1.90. The quantitative estimate of drug-likeness (QED) is 0.428. The lowest BCUT2D eigenvalue weighted by Gasteiger charge is -2.41. The smallest absolute Gasteiger partial charge is 0.131 e. The lowest BCUT2D eigenvalue weighted by molar-refractivity contribution is 0.343. The summed E-state index contributed by atoms with van der Waals surface area (Å²) in [5.74, 6) is 2.04. The predicted octanol–water partition coefficient (Wildman–Crippen LogP) is 7.52. The van der Waals surface area contributed by atoms with Gasteiger partial charge in [0.1, 0.15) is 11.5 Å². The molecule has 4 rings (SSSR count). The first kappa shape index (κ1) is 18.7. The number of unbranched alkanes of at least 4 members (excludes halogenated alkanes) is 2. The van der Waals surface area contributed by atoms with Crippen molar-refractivity contribution in [3.63, 3.8) is 0 Å². The molecule has 1 aliphatic rings. The number of para-hydroxylation sites is 1. The maximum Gasteiger partial charge on any atom is 0.131 e. The van der Waals surface area contributed by atoms with Crippen LogP contribution >= 0.6 is 0 Å². The zero-order valence-electron chi connectivity index (χ0n) is 16.9. The van der Waals surface area contributed by atoms with Crippen LogP contribution in [0.2, 0.25) is 0 Å². The third-order valence-corrected chi connectivity index (χ3v) is 6.05. The van der Waals surface area contributed by atoms with Gasteiger partial charge in [0, 0.05) is 28.9 Å². The van der Waals surface area contributed by atoms with Gasteiger partial charge in [-0.25, -0.2) is 0 Å². The van der Waals surface area contributed by atoms with Gasteiger partial charge < -0.3 is 4.74 Å². The molecule has 2 aromatic carbocycles. The second-order valence-electron chi connectivity index (χ2n) is 7.83. The van der Waals surface area contributed by atoms with Gasteiger partial charge in [-0.05, 0) is 54.3 Å². The first-order chi connectivity index (χ1) is 13.8. The maximum atomic E-state index is 6.37. The van der Waals surface area contributed by atoms with E-state index in [0.717, 1.165) is 24.3 Å². The molecule has 0 aliphatic carbocycles. The molecule has 0 saturated heterocycles. The average molecular weight is 372 g/mol. The first-order valence-electron chi connectivity index (χ1n) is 10.6. The summed E-state index contributed by atoms with van der Waals surface area (Å²) in [5, 5.41) is 0. The highest BCUT2D eigenvalue weighted by atomic mass is 16.5. The van der Waals surface area contributed by atoms with Gasteiger partial charge in [-0.15, -0.1) is 0 Å². The SMILES string of the molecule is CCCCC1(CCCC)c2ccccc2Oc2ccc(-c3ccncc3)cc21. The van der Waals surface area contributed by atoms with Crippen molar-refractivity contribution in [2.75, 3.05) is 0 Å². The number of rotatable bonds is 7. The Labute approximate surface area is 168 Å². The van der Waals surface area contributed by atoms with E-state index in [1.807, 2.05) is 12.4 Å². The van der Waals surface area contributed by atoms with E-state index < -0.39 is 0 Å². The van der Waals surface area contributed by atoms with E-state index in [1.54, 1.807) is 0 Å². The van der Waals surface area contributed by atoms with Crippen molar-refractivity contribution in [1.29, 1.82) is 0 Å². The number of benzene rings is 2. The van der Waals surface area contributed by atoms with Crippen LogP contribution in [0.25, 0.3) is 11.1 Å². The Bertz CT molecular complexity index is 924. The zero-order chi connectivity index (χ0) is 19.4. The molecule has 1 aliphatic heterocycles. The fourth-order valence-corrected chi connectivity index (χ4v) is 4.55. The summed E-state index contributed by atoms with van der Waals surface area (Å²) in [4.78, 5) is 4.17. The van der Waals surface area contributed by atoms with E-state index in [0.29, 0.717) is 0 Å². The summed E-state index contributed by atoms with van der Waals surface area (Å²) in [5.41, 5.74) is 5.18. The molecule has 0 N–H and O–H groups in total. The van der Waals surface area contributed by atoms with Gasteiger partial charge in [0.05, 0.1) is 0 Å². The van der Waals surface area contributed by atoms with Crippen LogP contribution in [0.1, 0.15) is 63.5 Å². The van der Waals surface area contributed by atoms with Gasteiger partial charge in [0.25, 0.3) is 0 Å². The van der Waals surface area contributed by atoms with Gasteiger partial charge >= 0.3 is 0 Å². The molecular weight excluding hydrogens is 342 g/mol. The first-order valence-corrected chi connectivity index (χ1v) is 10.6. The van der Waals surface area contributed by atoms with Gasteiger partial charge in [0.2, 0.25) is 0 Å². The Hall–Kier alpha value is -2.61. The number of aromatic nitrogens is 1. The summed E-state index contributed by atoms with van der Waals surface area (Å²) < 4.78 is 6.37. The van der Waals surface area contributed by atoms with Crippen LogP contribution in [0.15, 0.2) is 67.0 Å². The molecule has 2 heteroatoms. The maximum absolute atomic E-state index is 6.37. The number of fused-ring (bicyclic) bond motifs is 2. The van der Waals surface area contributed by atoms with Gasteiger partial charge in [0.15, 0.2) is 0 Å². The second kappa shape index (κ2) is 8.18. The zero-order valence-corrected chi connectivity index (χ0v) is 16.9. The Morgan fingerprint density at radius 3 is 2.14 bits per heavy atom. The van der Waals surface area contributed by atoms with E-state index in [1.165, 1.54) is 47.9 Å². The topological polar surface area (TPSA) is 22.1 Å². The van der Waals surface area contributed by atoms with E-state index in [4.69, 9.17) is 4.74 Å². The van der Waals surface area contributed by atoms with E-state index in [9.17, 15) is 0 Å². The summed E-state index contributed by atoms with van der Waals surface area (Å²) in [6.45, 7) is 4.57. The van der Waals surface area contributed by atoms with Crippen LogP contribution in [0.5, 0.6) is 11.5 Å². The van der Waals surface area contributed by atoms with Crippen LogP contribution in [0.3, 0.4) is 0 Å². The second-order valence-corrected chi connectivity index (χ2v) is 7.83. The molecule has 144 valence electrons. The standard InChI is InChI=1S/C26H29NO/c1-3-5-15-26(16-6-4-2)22-9-7-8-10-24(22)28-25-12-11-21(19-23(25)26)20-13-17-27-18-14-20/h7-14,17-19H,3-6,15-16H2,1-2H3. The molecule has 0 amide bonds. The molecule has 2 heterocycles. The molecule has 2 nitrogen and oxygen atoms in total. The molecule has 3 aromatic rings. The minimum Gasteiger partial charge on any atom is -0.457 e. The highest BCUT2D eigenvalue weighted by Gasteiger charge is 2.41. The fraction of sp³-hybridized carbons (Fsp3) is 0.346. The summed E-state index contributed by atoms with van der Waals surface area (Å²) in [6, 6.07) is 19.5. The Morgan fingerprint density at radius 1 is 0.750 bits per heavy atom. The molecule has 0 atom stereocenters. The monoisotopic (exact) mass is 371 g/mol. The van der Waals surface area contributed by atoms with Crippen LogP contribution in [0, 0.1) is 0 Å². The molecule has 28 heavy (non-hydrogen) atoms. The average Bonchev–Trinajstić information content (AvgIpc) is 2.76. The Kier molecular flexibility index (Phi) is 5.47. The summed E-state index contributed by atoms with van der Waals surface area (Å²) >= 11 is 0. The highest BCUT2D eigenvalue weighted by molar-refractivity contribution is 5.69. The van der Waals surface area contributed by atoms with Crippen molar-refractivity contribution in [2.24, 2.45) is 0 Å². The van der Waals surface area contributed by atoms with Crippen LogP contribution < -0.4 is 4.74 Å². The van der Waals surface area contributed by atoms with Gasteiger partial charge in [-0.1, -0.05) is 63.8 Å². The van der Waals surface area contributed by atoms with Crippen molar-refractivity contribution < 1.29 is 4.74 Å². The number of hydrogen-bond acceptors (Lipinski definition) is 2. The predicted molar refractivity (Wildman–Crippen MR) is 116 cm³/mol. The summed E-state index contributed by atoms with van der Waals surface area (Å²) in [7, 11) is 0. The lowest BCUT2D eigenvalue weighted by Crippen LogP contribution is -2.31. The molecule has 0 spiro atoms. The van der Waals surface area contributed by atoms with E-state index in [-0.39, 0.29) is 5.41 Å². The fourth-order valence-electron chi connectivity index (χ4n) is 4.55. The highest BCUT2D eigenvalue weighted by Crippen LogP contribution is 2.53. The van der Waals surface area contributed by atoms with Crippen molar-refractivity contribution in [2.45, 2.75) is 57.8 Å². The molecule has 0 bridgehead atoms. The van der Waals surface area contributed by atoms with Gasteiger partial charge in [-0.3, -0.25) is 4.98 Å². The van der Waals surface area contributed by atoms with Gasteiger partial charge in [-0.2, -0.15) is 0 Å². The van der Waals surface area contributed by atoms with E-state index in [2.05, 4.69) is 73.4 Å². The van der Waals surface area contributed by atoms with Crippen molar-refractivity contribution >= 4 is 0 Å². The normalized spacial score (nSPS) is 14.1. The van der Waals surface area contributed by atoms with Crippen LogP contribution in [-0.4, -0.2) is 4.98 Å². The van der Waals surface area contributed by atoms with Crippen molar-refractivity contribution in [3.05, 3.63) is 78.1 Å². The molecule has 1 aromatic heterocycles. The number of hydrogen-bond donors (Lipinski definition) is 0. The van der Waals surface area contributed by atoms with E-state index >= 15 is 0 Å². The third kappa shape index (κ3) is 3.32. The minimum absolute atomic E-state index is 0.0270. The van der Waals surface area contributed by atoms with Crippen LogP contribution in [-0.2, 0) is 5.41 Å². The lowest BCUT2D eigenvalue weighted by atomic mass is 9.66.